The molecule has 0 heteroatoms. The summed E-state index contributed by atoms with van der Waals surface area (Å²) in [6, 6.07) is 0. The second-order valence-electron chi connectivity index (χ2n) is 12.1. The van der Waals surface area contributed by atoms with Gasteiger partial charge in [-0.1, -0.05) is 215 Å². The van der Waals surface area contributed by atoms with Crippen molar-refractivity contribution in [2.24, 2.45) is 5.92 Å². The molecule has 0 nitrogen and oxygen atoms in total. The monoisotopic (exact) mass is 649 g/mol. The molecule has 0 aromatic rings. The molecular weight excluding hydrogens is 553 g/mol. The van der Waals surface area contributed by atoms with Crippen molar-refractivity contribution in [2.75, 3.05) is 0 Å². The topological polar surface area (TPSA) is 0 Å². The van der Waals surface area contributed by atoms with Crippen molar-refractivity contribution >= 4 is 0 Å². The highest BCUT2D eigenvalue weighted by molar-refractivity contribution is 4.86. The minimum Gasteiger partial charge on any atom is -0.103 e. The first-order valence-electron chi connectivity index (χ1n) is 21.0. The Balaban J connectivity index is -0.000000172. The van der Waals surface area contributed by atoms with Gasteiger partial charge in [0, 0.05) is 0 Å². The van der Waals surface area contributed by atoms with E-state index in [9.17, 15) is 0 Å². The third-order valence-corrected chi connectivity index (χ3v) is 7.38. The minimum atomic E-state index is 0.952. The molecule has 0 N–H and O–H groups in total. The van der Waals surface area contributed by atoms with Crippen LogP contribution in [0.4, 0.5) is 0 Å². The lowest BCUT2D eigenvalue weighted by Gasteiger charge is -2.11. The largest absolute Gasteiger partial charge is 0.103 e. The van der Waals surface area contributed by atoms with Gasteiger partial charge in [-0.25, -0.2) is 0 Å². The average molecular weight is 649 g/mol. The van der Waals surface area contributed by atoms with Crippen LogP contribution >= 0.6 is 0 Å². The van der Waals surface area contributed by atoms with E-state index < -0.39 is 0 Å². The van der Waals surface area contributed by atoms with Crippen LogP contribution in [0.25, 0.3) is 0 Å². The molecule has 1 unspecified atom stereocenters. The Hall–Kier alpha value is -1.04. The van der Waals surface area contributed by atoms with Gasteiger partial charge in [0.05, 0.1) is 0 Å². The minimum absolute atomic E-state index is 0.952. The molecule has 0 radical (unpaired) electrons. The third-order valence-electron chi connectivity index (χ3n) is 7.38. The molecule has 0 aliphatic heterocycles. The number of hydrogen-bond acceptors (Lipinski definition) is 0. The molecule has 280 valence electrons. The van der Waals surface area contributed by atoms with Crippen molar-refractivity contribution in [1.29, 1.82) is 0 Å². The van der Waals surface area contributed by atoms with E-state index in [1.165, 1.54) is 166 Å². The van der Waals surface area contributed by atoms with Gasteiger partial charge in [-0.15, -0.1) is 13.2 Å². The van der Waals surface area contributed by atoms with E-state index in [1.54, 1.807) is 0 Å². The summed E-state index contributed by atoms with van der Waals surface area (Å²) in [4.78, 5) is 0. The summed E-state index contributed by atoms with van der Waals surface area (Å²) in [6.45, 7) is 32.8. The number of unbranched alkanes of at least 4 members (excludes halogenated alkanes) is 16. The molecule has 0 fully saturated rings. The molecule has 0 aliphatic rings. The van der Waals surface area contributed by atoms with Crippen LogP contribution in [0.2, 0.25) is 0 Å². The van der Waals surface area contributed by atoms with Crippen LogP contribution in [0.3, 0.4) is 0 Å². The van der Waals surface area contributed by atoms with Crippen LogP contribution in [0, 0.1) is 5.92 Å². The van der Waals surface area contributed by atoms with Crippen LogP contribution in [-0.2, 0) is 0 Å². The van der Waals surface area contributed by atoms with Gasteiger partial charge in [0.15, 0.2) is 0 Å². The van der Waals surface area contributed by atoms with E-state index in [1.807, 2.05) is 47.6 Å². The smallest absolute Gasteiger partial charge is 0.0326 e. The second-order valence-corrected chi connectivity index (χ2v) is 12.1. The number of rotatable bonds is 27. The average Bonchev–Trinajstić information content (AvgIpc) is 3.09. The van der Waals surface area contributed by atoms with Gasteiger partial charge in [0.2, 0.25) is 0 Å². The van der Waals surface area contributed by atoms with Gasteiger partial charge in [-0.2, -0.15) is 0 Å². The van der Waals surface area contributed by atoms with Crippen LogP contribution in [0.5, 0.6) is 0 Å². The van der Waals surface area contributed by atoms with Crippen molar-refractivity contribution in [1.82, 2.24) is 0 Å². The second kappa shape index (κ2) is 66.4. The Kier molecular flexibility index (Phi) is 82.6. The van der Waals surface area contributed by atoms with Crippen LogP contribution < -0.4 is 0 Å². The van der Waals surface area contributed by atoms with Crippen LogP contribution in [-0.4, -0.2) is 0 Å². The fraction of sp³-hybridized carbons (Fsp3) is 0.826. The van der Waals surface area contributed by atoms with E-state index >= 15 is 0 Å². The van der Waals surface area contributed by atoms with Crippen molar-refractivity contribution in [3.05, 3.63) is 49.1 Å². The van der Waals surface area contributed by atoms with Gasteiger partial charge in [-0.3, -0.25) is 0 Å². The Morgan fingerprint density at radius 2 is 0.870 bits per heavy atom. The summed E-state index contributed by atoms with van der Waals surface area (Å²) in [5.74, 6) is 0.952. The summed E-state index contributed by atoms with van der Waals surface area (Å²) < 4.78 is 0. The van der Waals surface area contributed by atoms with Gasteiger partial charge in [-0.05, 0) is 70.6 Å². The molecular formula is C46H96. The first-order valence-corrected chi connectivity index (χ1v) is 21.0. The molecule has 0 saturated heterocycles. The highest BCUT2D eigenvalue weighted by atomic mass is 14.1. The summed E-state index contributed by atoms with van der Waals surface area (Å²) in [6.07, 6.45) is 45.4. The molecule has 0 aromatic heterocycles. The molecule has 0 saturated carbocycles. The fourth-order valence-electron chi connectivity index (χ4n) is 4.58. The first kappa shape index (κ1) is 57.2. The maximum absolute atomic E-state index is 3.79. The van der Waals surface area contributed by atoms with Crippen LogP contribution in [0.1, 0.15) is 244 Å². The molecule has 0 rings (SSSR count). The first-order chi connectivity index (χ1) is 22.5. The van der Waals surface area contributed by atoms with Crippen LogP contribution in [0.15, 0.2) is 49.1 Å². The molecule has 0 heterocycles. The molecule has 0 aliphatic carbocycles. The summed E-state index contributed by atoms with van der Waals surface area (Å²) >= 11 is 0. The molecule has 0 amide bonds. The van der Waals surface area contributed by atoms with E-state index in [-0.39, 0.29) is 0 Å². The number of allylic oxidation sites excluding steroid dienone is 6. The predicted molar refractivity (Wildman–Crippen MR) is 225 cm³/mol. The maximum Gasteiger partial charge on any atom is -0.0326 e. The highest BCUT2D eigenvalue weighted by Crippen LogP contribution is 2.19. The zero-order valence-electron chi connectivity index (χ0n) is 35.1. The van der Waals surface area contributed by atoms with Crippen molar-refractivity contribution in [3.8, 4) is 0 Å². The molecule has 46 heavy (non-hydrogen) atoms. The van der Waals surface area contributed by atoms with Crippen molar-refractivity contribution < 1.29 is 0 Å². The SMILES string of the molecule is C=C(C)CCCC.C=CCCCC.CC.CC.CC.CC/C=C/CCCCCCCCC(C)CCCCCCCC/C=C\CCC. The van der Waals surface area contributed by atoms with Crippen molar-refractivity contribution in [3.63, 3.8) is 0 Å². The Labute approximate surface area is 297 Å². The zero-order valence-corrected chi connectivity index (χ0v) is 35.1. The maximum atomic E-state index is 3.79. The Bertz CT molecular complexity index is 508. The molecule has 0 aromatic carbocycles. The highest BCUT2D eigenvalue weighted by Gasteiger charge is 2.02. The fourth-order valence-corrected chi connectivity index (χ4v) is 4.58. The van der Waals surface area contributed by atoms with E-state index in [2.05, 4.69) is 79.0 Å². The van der Waals surface area contributed by atoms with E-state index in [0.717, 1.165) is 5.92 Å². The van der Waals surface area contributed by atoms with Gasteiger partial charge in [0.25, 0.3) is 0 Å². The lowest BCUT2D eigenvalue weighted by Crippen LogP contribution is -1.95. The standard InChI is InChI=1S/C27H52.C7H14.C6H12.3C2H6/c1-4-6-8-10-12-14-16-18-20-22-24-26-27(3)25-23-21-19-17-15-13-11-9-7-5-2;1-4-5-6-7(2)3;1-3-5-6-4-2;3*1-2/h7-10,27H,4-6,11-26H2,1-3H3;2,4-6H2,1,3H3;3H,1,4-6H2,2H3;3*1-2H3/b9-7+,10-8-;;;;;. The Morgan fingerprint density at radius 1 is 0.478 bits per heavy atom. The van der Waals surface area contributed by atoms with Gasteiger partial charge in [0.1, 0.15) is 0 Å². The van der Waals surface area contributed by atoms with Crippen molar-refractivity contribution in [2.45, 2.75) is 244 Å². The summed E-state index contributed by atoms with van der Waals surface area (Å²) in [5, 5.41) is 0. The Morgan fingerprint density at radius 3 is 1.20 bits per heavy atom. The molecule has 0 bridgehead atoms. The quantitative estimate of drug-likeness (QED) is 0.0614. The normalized spacial score (nSPS) is 10.5. The lowest BCUT2D eigenvalue weighted by molar-refractivity contribution is 0.431. The van der Waals surface area contributed by atoms with E-state index in [4.69, 9.17) is 0 Å². The molecule has 0 spiro atoms. The summed E-state index contributed by atoms with van der Waals surface area (Å²) in [5.41, 5.74) is 1.31. The summed E-state index contributed by atoms with van der Waals surface area (Å²) in [7, 11) is 0. The van der Waals surface area contributed by atoms with Gasteiger partial charge >= 0.3 is 0 Å². The van der Waals surface area contributed by atoms with Gasteiger partial charge < -0.3 is 0 Å². The van der Waals surface area contributed by atoms with E-state index in [0.29, 0.717) is 0 Å². The molecule has 1 atom stereocenters. The third kappa shape index (κ3) is 78.9. The zero-order chi connectivity index (χ0) is 36.4. The lowest BCUT2D eigenvalue weighted by atomic mass is 9.96. The number of hydrogen-bond donors (Lipinski definition) is 0. The predicted octanol–water partition coefficient (Wildman–Crippen LogP) is 18.4.